The standard InChI is InChI=1S/C16H17N3O2S/c1-10(2)19-15(20)13-6-4-5-7-14(13)18-16(19)22-9-12-8-17-11(3)21-12/h4-8,10H,9H2,1-3H3. The van der Waals surface area contributed by atoms with E-state index < -0.39 is 0 Å². The number of hydrogen-bond acceptors (Lipinski definition) is 5. The lowest BCUT2D eigenvalue weighted by atomic mass is 10.2. The van der Waals surface area contributed by atoms with E-state index >= 15 is 0 Å². The third-order valence-electron chi connectivity index (χ3n) is 3.30. The van der Waals surface area contributed by atoms with Gasteiger partial charge in [0.1, 0.15) is 5.76 Å². The van der Waals surface area contributed by atoms with Crippen LogP contribution in [0.1, 0.15) is 31.5 Å². The molecule has 0 fully saturated rings. The molecule has 2 aromatic heterocycles. The second-order valence-corrected chi connectivity index (χ2v) is 6.26. The maximum Gasteiger partial charge on any atom is 0.262 e. The van der Waals surface area contributed by atoms with Crippen molar-refractivity contribution in [1.29, 1.82) is 0 Å². The van der Waals surface area contributed by atoms with Gasteiger partial charge in [-0.15, -0.1) is 0 Å². The van der Waals surface area contributed by atoms with Crippen LogP contribution in [0.15, 0.2) is 44.8 Å². The number of benzene rings is 1. The molecule has 0 unspecified atom stereocenters. The summed E-state index contributed by atoms with van der Waals surface area (Å²) in [5.41, 5.74) is 0.720. The molecule has 2 heterocycles. The van der Waals surface area contributed by atoms with Gasteiger partial charge in [-0.1, -0.05) is 23.9 Å². The van der Waals surface area contributed by atoms with Crippen molar-refractivity contribution < 1.29 is 4.42 Å². The van der Waals surface area contributed by atoms with E-state index in [1.807, 2.05) is 45.0 Å². The lowest BCUT2D eigenvalue weighted by Gasteiger charge is -2.15. The molecule has 0 saturated carbocycles. The second kappa shape index (κ2) is 5.96. The second-order valence-electron chi connectivity index (χ2n) is 5.31. The van der Waals surface area contributed by atoms with E-state index in [-0.39, 0.29) is 11.6 Å². The highest BCUT2D eigenvalue weighted by atomic mass is 32.2. The number of fused-ring (bicyclic) bond motifs is 1. The first-order chi connectivity index (χ1) is 10.6. The summed E-state index contributed by atoms with van der Waals surface area (Å²) >= 11 is 1.49. The summed E-state index contributed by atoms with van der Waals surface area (Å²) in [5, 5.41) is 1.35. The van der Waals surface area contributed by atoms with Gasteiger partial charge in [0.15, 0.2) is 11.0 Å². The van der Waals surface area contributed by atoms with Gasteiger partial charge in [-0.2, -0.15) is 0 Å². The summed E-state index contributed by atoms with van der Waals surface area (Å²) in [6, 6.07) is 7.48. The van der Waals surface area contributed by atoms with Crippen molar-refractivity contribution in [2.75, 3.05) is 0 Å². The number of aryl methyl sites for hydroxylation is 1. The van der Waals surface area contributed by atoms with Crippen LogP contribution in [0, 0.1) is 6.92 Å². The van der Waals surface area contributed by atoms with Gasteiger partial charge in [-0.3, -0.25) is 9.36 Å². The average Bonchev–Trinajstić information content (AvgIpc) is 2.90. The van der Waals surface area contributed by atoms with Gasteiger partial charge in [0.05, 0.1) is 22.9 Å². The number of para-hydroxylation sites is 1. The Morgan fingerprint density at radius 2 is 2.09 bits per heavy atom. The summed E-state index contributed by atoms with van der Waals surface area (Å²) in [6.45, 7) is 5.79. The molecular weight excluding hydrogens is 298 g/mol. The Hall–Kier alpha value is -2.08. The zero-order valence-electron chi connectivity index (χ0n) is 12.7. The van der Waals surface area contributed by atoms with Crippen LogP contribution < -0.4 is 5.56 Å². The fourth-order valence-corrected chi connectivity index (χ4v) is 3.29. The van der Waals surface area contributed by atoms with E-state index in [2.05, 4.69) is 9.97 Å². The zero-order valence-corrected chi connectivity index (χ0v) is 13.6. The average molecular weight is 315 g/mol. The molecule has 0 N–H and O–H groups in total. The van der Waals surface area contributed by atoms with E-state index in [0.717, 1.165) is 11.3 Å². The Balaban J connectivity index is 2.03. The molecule has 0 spiro atoms. The van der Waals surface area contributed by atoms with Crippen LogP contribution in [-0.2, 0) is 5.75 Å². The molecule has 6 heteroatoms. The SMILES string of the molecule is Cc1ncc(CSc2nc3ccccc3c(=O)n2C(C)C)o1. The molecule has 3 aromatic rings. The number of oxazole rings is 1. The first-order valence-corrected chi connectivity index (χ1v) is 8.10. The molecule has 0 aliphatic rings. The van der Waals surface area contributed by atoms with E-state index in [9.17, 15) is 4.79 Å². The van der Waals surface area contributed by atoms with Crippen molar-refractivity contribution in [3.8, 4) is 0 Å². The first-order valence-electron chi connectivity index (χ1n) is 7.11. The van der Waals surface area contributed by atoms with Crippen molar-refractivity contribution in [1.82, 2.24) is 14.5 Å². The molecule has 0 saturated heterocycles. The van der Waals surface area contributed by atoms with Gasteiger partial charge in [-0.05, 0) is 26.0 Å². The minimum absolute atomic E-state index is 0.00292. The Morgan fingerprint density at radius 3 is 2.77 bits per heavy atom. The predicted molar refractivity (Wildman–Crippen MR) is 87.2 cm³/mol. The minimum atomic E-state index is -0.00292. The highest BCUT2D eigenvalue weighted by Gasteiger charge is 2.14. The molecule has 0 aliphatic heterocycles. The minimum Gasteiger partial charge on any atom is -0.445 e. The fourth-order valence-electron chi connectivity index (χ4n) is 2.29. The van der Waals surface area contributed by atoms with Gasteiger partial charge in [0.2, 0.25) is 0 Å². The largest absolute Gasteiger partial charge is 0.445 e. The Morgan fingerprint density at radius 1 is 1.32 bits per heavy atom. The van der Waals surface area contributed by atoms with Crippen molar-refractivity contribution in [3.05, 3.63) is 52.5 Å². The molecule has 0 atom stereocenters. The maximum absolute atomic E-state index is 12.7. The first kappa shape index (κ1) is 14.8. The summed E-state index contributed by atoms with van der Waals surface area (Å²) in [5.74, 6) is 2.02. The topological polar surface area (TPSA) is 60.9 Å². The summed E-state index contributed by atoms with van der Waals surface area (Å²) in [6.07, 6.45) is 1.71. The maximum atomic E-state index is 12.7. The molecule has 1 aromatic carbocycles. The predicted octanol–water partition coefficient (Wildman–Crippen LogP) is 3.57. The van der Waals surface area contributed by atoms with E-state index in [4.69, 9.17) is 4.42 Å². The van der Waals surface area contributed by atoms with Gasteiger partial charge < -0.3 is 4.42 Å². The van der Waals surface area contributed by atoms with Crippen LogP contribution in [0.2, 0.25) is 0 Å². The van der Waals surface area contributed by atoms with Crippen molar-refractivity contribution >= 4 is 22.7 Å². The lowest BCUT2D eigenvalue weighted by molar-refractivity contribution is 0.489. The van der Waals surface area contributed by atoms with Gasteiger partial charge in [0.25, 0.3) is 5.56 Å². The zero-order chi connectivity index (χ0) is 15.7. The van der Waals surface area contributed by atoms with Crippen molar-refractivity contribution in [2.24, 2.45) is 0 Å². The van der Waals surface area contributed by atoms with Crippen LogP contribution >= 0.6 is 11.8 Å². The quantitative estimate of drug-likeness (QED) is 0.544. The molecule has 0 radical (unpaired) electrons. The Bertz CT molecular complexity index is 867. The summed E-state index contributed by atoms with van der Waals surface area (Å²) in [7, 11) is 0. The number of aromatic nitrogens is 3. The van der Waals surface area contributed by atoms with Gasteiger partial charge in [-0.25, -0.2) is 9.97 Å². The van der Waals surface area contributed by atoms with Crippen LogP contribution in [-0.4, -0.2) is 14.5 Å². The Labute approximate surface area is 132 Å². The van der Waals surface area contributed by atoms with Crippen LogP contribution in [0.5, 0.6) is 0 Å². The van der Waals surface area contributed by atoms with Gasteiger partial charge >= 0.3 is 0 Å². The number of thioether (sulfide) groups is 1. The van der Waals surface area contributed by atoms with Crippen LogP contribution in [0.3, 0.4) is 0 Å². The van der Waals surface area contributed by atoms with Crippen molar-refractivity contribution in [3.63, 3.8) is 0 Å². The van der Waals surface area contributed by atoms with E-state index in [0.29, 0.717) is 22.2 Å². The molecule has 0 aliphatic carbocycles. The third-order valence-corrected chi connectivity index (χ3v) is 4.28. The molecule has 3 rings (SSSR count). The number of rotatable bonds is 4. The number of hydrogen-bond donors (Lipinski definition) is 0. The smallest absolute Gasteiger partial charge is 0.262 e. The molecule has 114 valence electrons. The monoisotopic (exact) mass is 315 g/mol. The highest BCUT2D eigenvalue weighted by molar-refractivity contribution is 7.98. The molecular formula is C16H17N3O2S. The van der Waals surface area contributed by atoms with Crippen molar-refractivity contribution in [2.45, 2.75) is 37.7 Å². The van der Waals surface area contributed by atoms with Crippen LogP contribution in [0.25, 0.3) is 10.9 Å². The molecule has 22 heavy (non-hydrogen) atoms. The molecule has 5 nitrogen and oxygen atoms in total. The number of nitrogens with zero attached hydrogens (tertiary/aromatic N) is 3. The molecule has 0 bridgehead atoms. The van der Waals surface area contributed by atoms with E-state index in [1.54, 1.807) is 10.8 Å². The third kappa shape index (κ3) is 2.78. The van der Waals surface area contributed by atoms with E-state index in [1.165, 1.54) is 11.8 Å². The summed E-state index contributed by atoms with van der Waals surface area (Å²) < 4.78 is 7.21. The highest BCUT2D eigenvalue weighted by Crippen LogP contribution is 2.24. The molecule has 0 amide bonds. The normalized spacial score (nSPS) is 11.5. The Kier molecular flexibility index (Phi) is 4.02. The fraction of sp³-hybridized carbons (Fsp3) is 0.312. The van der Waals surface area contributed by atoms with Crippen LogP contribution in [0.4, 0.5) is 0 Å². The summed E-state index contributed by atoms with van der Waals surface area (Å²) in [4.78, 5) is 21.4. The lowest BCUT2D eigenvalue weighted by Crippen LogP contribution is -2.25. The van der Waals surface area contributed by atoms with Gasteiger partial charge in [0, 0.05) is 13.0 Å².